The van der Waals surface area contributed by atoms with Crippen molar-refractivity contribution < 1.29 is 14.7 Å². The van der Waals surface area contributed by atoms with Crippen molar-refractivity contribution in [3.63, 3.8) is 0 Å². The summed E-state index contributed by atoms with van der Waals surface area (Å²) in [5, 5.41) is 16.3. The number of nitrogens with zero attached hydrogens (tertiary/aromatic N) is 1. The molecule has 0 spiro atoms. The van der Waals surface area contributed by atoms with E-state index in [1.807, 2.05) is 23.8 Å². The Labute approximate surface area is 152 Å². The molecule has 7 heteroatoms. The summed E-state index contributed by atoms with van der Waals surface area (Å²) in [6.07, 6.45) is 2.56. The fourth-order valence-corrected chi connectivity index (χ4v) is 3.82. The molecule has 0 fully saturated rings. The average molecular weight is 370 g/mol. The van der Waals surface area contributed by atoms with Gasteiger partial charge >= 0.3 is 5.97 Å². The second kappa shape index (κ2) is 7.42. The summed E-state index contributed by atoms with van der Waals surface area (Å²) in [4.78, 5) is 28.1. The van der Waals surface area contributed by atoms with E-state index in [1.54, 1.807) is 35.6 Å². The molecule has 5 nitrogen and oxygen atoms in total. The summed E-state index contributed by atoms with van der Waals surface area (Å²) in [5.41, 5.74) is 3.10. The topological polar surface area (TPSA) is 79.3 Å². The fraction of sp³-hybridized carbons (Fsp3) is 0.0556. The molecule has 0 aliphatic rings. The molecule has 0 saturated carbocycles. The number of nitrogens with one attached hydrogen (secondary N) is 1. The van der Waals surface area contributed by atoms with Gasteiger partial charge in [-0.2, -0.15) is 11.3 Å². The molecule has 25 heavy (non-hydrogen) atoms. The van der Waals surface area contributed by atoms with Crippen LogP contribution in [-0.4, -0.2) is 22.0 Å². The number of benzene rings is 1. The van der Waals surface area contributed by atoms with E-state index in [4.69, 9.17) is 5.11 Å². The van der Waals surface area contributed by atoms with Gasteiger partial charge in [0.15, 0.2) is 0 Å². The van der Waals surface area contributed by atoms with E-state index in [0.717, 1.165) is 22.2 Å². The van der Waals surface area contributed by atoms with Crippen molar-refractivity contribution in [1.29, 1.82) is 0 Å². The van der Waals surface area contributed by atoms with Crippen LogP contribution in [0.1, 0.15) is 20.9 Å². The molecule has 0 saturated heterocycles. The Morgan fingerprint density at radius 1 is 1.20 bits per heavy atom. The number of anilines is 1. The normalized spacial score (nSPS) is 10.9. The van der Waals surface area contributed by atoms with Crippen LogP contribution in [-0.2, 0) is 4.79 Å². The smallest absolute Gasteiger partial charge is 0.328 e. The van der Waals surface area contributed by atoms with Gasteiger partial charge in [-0.05, 0) is 42.1 Å². The number of carbonyl (C=O) groups excluding carboxylic acids is 1. The lowest BCUT2D eigenvalue weighted by atomic mass is 10.2. The van der Waals surface area contributed by atoms with Gasteiger partial charge in [0.2, 0.25) is 0 Å². The molecule has 1 aromatic carbocycles. The summed E-state index contributed by atoms with van der Waals surface area (Å²) in [6.45, 7) is 1.82. The van der Waals surface area contributed by atoms with E-state index in [0.29, 0.717) is 16.3 Å². The van der Waals surface area contributed by atoms with Crippen LogP contribution in [0.5, 0.6) is 0 Å². The largest absolute Gasteiger partial charge is 0.478 e. The lowest BCUT2D eigenvalue weighted by Crippen LogP contribution is -2.11. The van der Waals surface area contributed by atoms with Crippen LogP contribution in [0.4, 0.5) is 5.69 Å². The minimum absolute atomic E-state index is 0.203. The standard InChI is InChI=1S/C18H14N2O3S2/c1-11-16(25-18(19-11)13-8-9-24-10-13)17(23)20-14-5-2-12(3-6-14)4-7-15(21)22/h2-10H,1H3,(H,20,23)(H,21,22). The third kappa shape index (κ3) is 4.20. The zero-order valence-electron chi connectivity index (χ0n) is 13.2. The van der Waals surface area contributed by atoms with Gasteiger partial charge in [-0.3, -0.25) is 4.79 Å². The van der Waals surface area contributed by atoms with Crippen LogP contribution in [0.15, 0.2) is 47.2 Å². The minimum atomic E-state index is -1.00. The van der Waals surface area contributed by atoms with Crippen LogP contribution in [0.3, 0.4) is 0 Å². The van der Waals surface area contributed by atoms with E-state index in [1.165, 1.54) is 17.4 Å². The average Bonchev–Trinajstić information content (AvgIpc) is 3.23. The number of aliphatic carboxylic acids is 1. The number of carboxylic acid groups (broad SMARTS) is 1. The van der Waals surface area contributed by atoms with E-state index >= 15 is 0 Å². The molecule has 2 aromatic heterocycles. The lowest BCUT2D eigenvalue weighted by molar-refractivity contribution is -0.131. The number of carboxylic acids is 1. The molecule has 3 aromatic rings. The molecular formula is C18H14N2O3S2. The Hall–Kier alpha value is -2.77. The highest BCUT2D eigenvalue weighted by molar-refractivity contribution is 7.17. The van der Waals surface area contributed by atoms with Crippen LogP contribution < -0.4 is 5.32 Å². The first-order chi connectivity index (χ1) is 12.0. The Morgan fingerprint density at radius 2 is 1.96 bits per heavy atom. The Balaban J connectivity index is 1.73. The molecule has 126 valence electrons. The maximum absolute atomic E-state index is 12.5. The molecule has 0 unspecified atom stereocenters. The van der Waals surface area contributed by atoms with Crippen molar-refractivity contribution in [1.82, 2.24) is 4.98 Å². The molecule has 0 aliphatic heterocycles. The van der Waals surface area contributed by atoms with Crippen LogP contribution in [0.25, 0.3) is 16.6 Å². The number of rotatable bonds is 5. The van der Waals surface area contributed by atoms with E-state index < -0.39 is 5.97 Å². The molecule has 2 heterocycles. The summed E-state index contributed by atoms with van der Waals surface area (Å²) in [6, 6.07) is 8.93. The molecule has 2 N–H and O–H groups in total. The molecule has 0 aliphatic carbocycles. The molecule has 0 bridgehead atoms. The van der Waals surface area contributed by atoms with Crippen molar-refractivity contribution >= 4 is 46.3 Å². The first-order valence-corrected chi connectivity index (χ1v) is 9.11. The molecule has 0 atom stereocenters. The van der Waals surface area contributed by atoms with Crippen molar-refractivity contribution in [2.45, 2.75) is 6.92 Å². The summed E-state index contributed by atoms with van der Waals surface area (Å²) >= 11 is 2.96. The zero-order valence-corrected chi connectivity index (χ0v) is 14.9. The third-order valence-electron chi connectivity index (χ3n) is 3.36. The van der Waals surface area contributed by atoms with Gasteiger partial charge in [-0.1, -0.05) is 12.1 Å². The Bertz CT molecular complexity index is 926. The number of amides is 1. The second-order valence-electron chi connectivity index (χ2n) is 5.19. The van der Waals surface area contributed by atoms with Crippen LogP contribution in [0, 0.1) is 6.92 Å². The number of aryl methyl sites for hydroxylation is 1. The molecular weight excluding hydrogens is 356 g/mol. The van der Waals surface area contributed by atoms with E-state index in [-0.39, 0.29) is 5.91 Å². The van der Waals surface area contributed by atoms with Crippen LogP contribution in [0.2, 0.25) is 0 Å². The molecule has 0 radical (unpaired) electrons. The van der Waals surface area contributed by atoms with Crippen molar-refractivity contribution in [2.24, 2.45) is 0 Å². The van der Waals surface area contributed by atoms with Crippen LogP contribution >= 0.6 is 22.7 Å². The van der Waals surface area contributed by atoms with Gasteiger partial charge in [0.1, 0.15) is 9.88 Å². The van der Waals surface area contributed by atoms with Gasteiger partial charge in [-0.15, -0.1) is 11.3 Å². The first kappa shape index (κ1) is 17.1. The number of carbonyl (C=O) groups is 2. The number of hydrogen-bond acceptors (Lipinski definition) is 5. The highest BCUT2D eigenvalue weighted by atomic mass is 32.1. The lowest BCUT2D eigenvalue weighted by Gasteiger charge is -2.04. The predicted molar refractivity (Wildman–Crippen MR) is 101 cm³/mol. The molecule has 1 amide bonds. The number of thiophene rings is 1. The highest BCUT2D eigenvalue weighted by Gasteiger charge is 2.16. The molecule has 3 rings (SSSR count). The number of aromatic nitrogens is 1. The van der Waals surface area contributed by atoms with Crippen molar-refractivity contribution in [3.8, 4) is 10.6 Å². The maximum Gasteiger partial charge on any atom is 0.328 e. The van der Waals surface area contributed by atoms with Gasteiger partial charge in [-0.25, -0.2) is 9.78 Å². The fourth-order valence-electron chi connectivity index (χ4n) is 2.15. The van der Waals surface area contributed by atoms with Gasteiger partial charge in [0.05, 0.1) is 5.69 Å². The van der Waals surface area contributed by atoms with Gasteiger partial charge < -0.3 is 10.4 Å². The van der Waals surface area contributed by atoms with E-state index in [9.17, 15) is 9.59 Å². The quantitative estimate of drug-likeness (QED) is 0.647. The van der Waals surface area contributed by atoms with Gasteiger partial charge in [0, 0.05) is 22.7 Å². The third-order valence-corrected chi connectivity index (χ3v) is 5.25. The minimum Gasteiger partial charge on any atom is -0.478 e. The van der Waals surface area contributed by atoms with Crippen molar-refractivity contribution in [3.05, 3.63) is 63.3 Å². The Kier molecular flexibility index (Phi) is 5.06. The van der Waals surface area contributed by atoms with Crippen molar-refractivity contribution in [2.75, 3.05) is 5.32 Å². The van der Waals surface area contributed by atoms with E-state index in [2.05, 4.69) is 10.3 Å². The monoisotopic (exact) mass is 370 g/mol. The second-order valence-corrected chi connectivity index (χ2v) is 6.97. The highest BCUT2D eigenvalue weighted by Crippen LogP contribution is 2.29. The predicted octanol–water partition coefficient (Wildman–Crippen LogP) is 4.53. The SMILES string of the molecule is Cc1nc(-c2ccsc2)sc1C(=O)Nc1ccc(C=CC(=O)O)cc1. The van der Waals surface area contributed by atoms with Gasteiger partial charge in [0.25, 0.3) is 5.91 Å². The Morgan fingerprint density at radius 3 is 2.60 bits per heavy atom. The number of hydrogen-bond donors (Lipinski definition) is 2. The maximum atomic E-state index is 12.5. The first-order valence-electron chi connectivity index (χ1n) is 7.35. The summed E-state index contributed by atoms with van der Waals surface area (Å²) < 4.78 is 0. The zero-order chi connectivity index (χ0) is 17.8. The number of thiazole rings is 1. The summed E-state index contributed by atoms with van der Waals surface area (Å²) in [7, 11) is 0. The summed E-state index contributed by atoms with van der Waals surface area (Å²) in [5.74, 6) is -1.20.